The second kappa shape index (κ2) is 5.89. The van der Waals surface area contributed by atoms with Gasteiger partial charge in [-0.05, 0) is 19.9 Å². The van der Waals surface area contributed by atoms with Crippen molar-refractivity contribution in [3.8, 4) is 5.75 Å². The molecule has 4 nitrogen and oxygen atoms in total. The zero-order valence-corrected chi connectivity index (χ0v) is 12.0. The second-order valence-corrected chi connectivity index (χ2v) is 4.56. The monoisotopic (exact) mass is 277 g/mol. The van der Waals surface area contributed by atoms with Gasteiger partial charge in [0.1, 0.15) is 5.75 Å². The lowest BCUT2D eigenvalue weighted by Gasteiger charge is -2.11. The molecule has 0 saturated carbocycles. The number of ether oxygens (including phenoxy) is 1. The highest BCUT2D eigenvalue weighted by Crippen LogP contribution is 2.22. The molecule has 1 aromatic carbocycles. The largest absolute Gasteiger partial charge is 0.496 e. The molecule has 1 aromatic heterocycles. The van der Waals surface area contributed by atoms with E-state index in [2.05, 4.69) is 15.3 Å². The lowest BCUT2D eigenvalue weighted by molar-refractivity contribution is 0.410. The fourth-order valence-corrected chi connectivity index (χ4v) is 1.95. The lowest BCUT2D eigenvalue weighted by atomic mass is 10.2. The zero-order chi connectivity index (χ0) is 13.8. The number of para-hydroxylation sites is 1. The number of rotatable bonds is 4. The summed E-state index contributed by atoms with van der Waals surface area (Å²) in [4.78, 5) is 8.63. The Morgan fingerprint density at radius 1 is 1.16 bits per heavy atom. The fourth-order valence-electron chi connectivity index (χ4n) is 1.72. The van der Waals surface area contributed by atoms with Gasteiger partial charge in [-0.2, -0.15) is 0 Å². The van der Waals surface area contributed by atoms with E-state index in [1.54, 1.807) is 7.11 Å². The highest BCUT2D eigenvalue weighted by atomic mass is 35.5. The molecule has 5 heteroatoms. The summed E-state index contributed by atoms with van der Waals surface area (Å²) in [6.45, 7) is 4.38. The third-order valence-corrected chi connectivity index (χ3v) is 3.17. The van der Waals surface area contributed by atoms with E-state index in [0.29, 0.717) is 17.5 Å². The molecule has 2 aromatic rings. The number of benzene rings is 1. The molecule has 0 aliphatic heterocycles. The first-order chi connectivity index (χ1) is 9.11. The van der Waals surface area contributed by atoms with Crippen LogP contribution in [0, 0.1) is 13.8 Å². The zero-order valence-electron chi connectivity index (χ0n) is 11.2. The third kappa shape index (κ3) is 3.15. The molecule has 2 rings (SSSR count). The Morgan fingerprint density at radius 3 is 2.58 bits per heavy atom. The summed E-state index contributed by atoms with van der Waals surface area (Å²) >= 11 is 6.07. The molecule has 0 saturated heterocycles. The van der Waals surface area contributed by atoms with E-state index in [0.717, 1.165) is 22.7 Å². The first-order valence-electron chi connectivity index (χ1n) is 5.98. The molecule has 1 N–H and O–H groups in total. The number of aryl methyl sites for hydroxylation is 2. The van der Waals surface area contributed by atoms with Crippen LogP contribution >= 0.6 is 11.6 Å². The van der Waals surface area contributed by atoms with Gasteiger partial charge in [-0.1, -0.05) is 29.8 Å². The van der Waals surface area contributed by atoms with Gasteiger partial charge >= 0.3 is 0 Å². The molecule has 0 spiro atoms. The van der Waals surface area contributed by atoms with E-state index in [9.17, 15) is 0 Å². The number of anilines is 1. The Morgan fingerprint density at radius 2 is 1.84 bits per heavy atom. The maximum atomic E-state index is 6.07. The topological polar surface area (TPSA) is 47.0 Å². The summed E-state index contributed by atoms with van der Waals surface area (Å²) in [5.74, 6) is 1.43. The van der Waals surface area contributed by atoms with E-state index in [-0.39, 0.29) is 0 Å². The Hall–Kier alpha value is -1.81. The Labute approximate surface area is 117 Å². The molecule has 0 radical (unpaired) electrons. The maximum Gasteiger partial charge on any atom is 0.171 e. The lowest BCUT2D eigenvalue weighted by Crippen LogP contribution is -2.06. The van der Waals surface area contributed by atoms with Crippen LogP contribution in [0.1, 0.15) is 17.0 Å². The summed E-state index contributed by atoms with van der Waals surface area (Å²) in [6, 6.07) is 7.82. The summed E-state index contributed by atoms with van der Waals surface area (Å²) in [5.41, 5.74) is 2.75. The number of methoxy groups -OCH3 is 1. The minimum absolute atomic E-state index is 0.387. The van der Waals surface area contributed by atoms with E-state index in [1.807, 2.05) is 38.1 Å². The van der Waals surface area contributed by atoms with Gasteiger partial charge < -0.3 is 10.1 Å². The van der Waals surface area contributed by atoms with Gasteiger partial charge in [0.2, 0.25) is 0 Å². The van der Waals surface area contributed by atoms with Gasteiger partial charge in [-0.3, -0.25) is 0 Å². The van der Waals surface area contributed by atoms with Crippen LogP contribution in [0.3, 0.4) is 0 Å². The maximum absolute atomic E-state index is 6.07. The highest BCUT2D eigenvalue weighted by molar-refractivity contribution is 6.31. The van der Waals surface area contributed by atoms with E-state index in [4.69, 9.17) is 16.3 Å². The van der Waals surface area contributed by atoms with Gasteiger partial charge in [0.25, 0.3) is 0 Å². The Balaban J connectivity index is 2.17. The number of aromatic nitrogens is 2. The van der Waals surface area contributed by atoms with E-state index >= 15 is 0 Å². The number of nitrogens with one attached hydrogen (secondary N) is 1. The number of hydrogen-bond acceptors (Lipinski definition) is 4. The van der Waals surface area contributed by atoms with Crippen LogP contribution in [-0.4, -0.2) is 17.1 Å². The van der Waals surface area contributed by atoms with Crippen LogP contribution in [-0.2, 0) is 6.54 Å². The quantitative estimate of drug-likeness (QED) is 0.931. The molecule has 0 unspecified atom stereocenters. The summed E-state index contributed by atoms with van der Waals surface area (Å²) in [5, 5.41) is 3.57. The first-order valence-corrected chi connectivity index (χ1v) is 6.36. The molecule has 0 fully saturated rings. The molecule has 19 heavy (non-hydrogen) atoms. The summed E-state index contributed by atoms with van der Waals surface area (Å²) < 4.78 is 5.30. The number of halogens is 1. The van der Waals surface area contributed by atoms with Gasteiger partial charge in [-0.25, -0.2) is 9.97 Å². The van der Waals surface area contributed by atoms with E-state index < -0.39 is 0 Å². The minimum atomic E-state index is 0.387. The normalized spacial score (nSPS) is 10.3. The predicted octanol–water partition coefficient (Wildman–Crippen LogP) is 3.37. The van der Waals surface area contributed by atoms with Crippen LogP contribution < -0.4 is 10.1 Å². The van der Waals surface area contributed by atoms with Crippen molar-refractivity contribution in [3.63, 3.8) is 0 Å². The molecule has 1 heterocycles. The van der Waals surface area contributed by atoms with Crippen molar-refractivity contribution in [2.24, 2.45) is 0 Å². The molecule has 0 aliphatic rings. The van der Waals surface area contributed by atoms with Crippen molar-refractivity contribution in [1.82, 2.24) is 9.97 Å². The van der Waals surface area contributed by atoms with Crippen LogP contribution in [0.5, 0.6) is 5.75 Å². The van der Waals surface area contributed by atoms with Crippen molar-refractivity contribution in [2.45, 2.75) is 20.4 Å². The van der Waals surface area contributed by atoms with Gasteiger partial charge in [-0.15, -0.1) is 0 Å². The van der Waals surface area contributed by atoms with Crippen LogP contribution in [0.15, 0.2) is 24.3 Å². The average Bonchev–Trinajstić information content (AvgIpc) is 2.41. The third-order valence-electron chi connectivity index (χ3n) is 2.90. The summed E-state index contributed by atoms with van der Waals surface area (Å²) in [6.07, 6.45) is 0. The van der Waals surface area contributed by atoms with Gasteiger partial charge in [0, 0.05) is 12.1 Å². The van der Waals surface area contributed by atoms with Crippen LogP contribution in [0.4, 0.5) is 5.82 Å². The fraction of sp³-hybridized carbons (Fsp3) is 0.286. The molecular formula is C14H16ClN3O. The van der Waals surface area contributed by atoms with Gasteiger partial charge in [0.05, 0.1) is 18.5 Å². The van der Waals surface area contributed by atoms with Crippen LogP contribution in [0.2, 0.25) is 5.15 Å². The van der Waals surface area contributed by atoms with Crippen molar-refractivity contribution in [1.29, 1.82) is 0 Å². The molecule has 0 aliphatic carbocycles. The van der Waals surface area contributed by atoms with E-state index in [1.165, 1.54) is 0 Å². The average molecular weight is 278 g/mol. The Kier molecular flexibility index (Phi) is 4.22. The smallest absolute Gasteiger partial charge is 0.171 e. The summed E-state index contributed by atoms with van der Waals surface area (Å²) in [7, 11) is 1.65. The van der Waals surface area contributed by atoms with Crippen molar-refractivity contribution < 1.29 is 4.74 Å². The molecule has 100 valence electrons. The van der Waals surface area contributed by atoms with Crippen molar-refractivity contribution in [3.05, 3.63) is 46.4 Å². The molecule has 0 bridgehead atoms. The number of nitrogens with zero attached hydrogens (tertiary/aromatic N) is 2. The highest BCUT2D eigenvalue weighted by Gasteiger charge is 2.08. The predicted molar refractivity (Wildman–Crippen MR) is 76.8 cm³/mol. The number of hydrogen-bond donors (Lipinski definition) is 1. The van der Waals surface area contributed by atoms with Crippen LogP contribution in [0.25, 0.3) is 0 Å². The van der Waals surface area contributed by atoms with Gasteiger partial charge in [0.15, 0.2) is 11.0 Å². The van der Waals surface area contributed by atoms with Crippen molar-refractivity contribution >= 4 is 17.4 Å². The van der Waals surface area contributed by atoms with Crippen molar-refractivity contribution in [2.75, 3.05) is 12.4 Å². The molecule has 0 atom stereocenters. The first kappa shape index (κ1) is 13.6. The standard InChI is InChI=1S/C14H16ClN3O/c1-9-10(2)18-14(13(15)17-9)16-8-11-6-4-5-7-12(11)19-3/h4-7H,8H2,1-3H3,(H,16,18). The SMILES string of the molecule is COc1ccccc1CNc1nc(C)c(C)nc1Cl. The molecular weight excluding hydrogens is 262 g/mol. The Bertz CT molecular complexity index is 587. The minimum Gasteiger partial charge on any atom is -0.496 e. The second-order valence-electron chi connectivity index (χ2n) is 4.20. The molecule has 0 amide bonds.